The molecular weight excluding hydrogens is 270 g/mol. The summed E-state index contributed by atoms with van der Waals surface area (Å²) in [6.45, 7) is 3.44. The zero-order valence-electron chi connectivity index (χ0n) is 13.2. The number of piperidine rings is 1. The van der Waals surface area contributed by atoms with Crippen molar-refractivity contribution in [2.24, 2.45) is 0 Å². The van der Waals surface area contributed by atoms with Crippen LogP contribution >= 0.6 is 0 Å². The van der Waals surface area contributed by atoms with Gasteiger partial charge in [-0.05, 0) is 43.6 Å². The number of ether oxygens (including phenoxy) is 1. The van der Waals surface area contributed by atoms with E-state index in [4.69, 9.17) is 4.74 Å². The Kier molecular flexibility index (Phi) is 5.49. The van der Waals surface area contributed by atoms with E-state index in [2.05, 4.69) is 35.2 Å². The molecule has 1 aliphatic rings. The lowest BCUT2D eigenvalue weighted by Crippen LogP contribution is -2.39. The molecule has 1 aliphatic heterocycles. The third-order valence-electron chi connectivity index (χ3n) is 4.26. The number of nitrogens with zero attached hydrogens (tertiary/aromatic N) is 1. The lowest BCUT2D eigenvalue weighted by atomic mass is 10.1. The molecule has 22 heavy (non-hydrogen) atoms. The van der Waals surface area contributed by atoms with Crippen LogP contribution < -0.4 is 4.74 Å². The van der Waals surface area contributed by atoms with E-state index in [0.29, 0.717) is 0 Å². The second-order valence-corrected chi connectivity index (χ2v) is 6.10. The van der Waals surface area contributed by atoms with Crippen LogP contribution in [0.2, 0.25) is 0 Å². The molecule has 1 saturated heterocycles. The van der Waals surface area contributed by atoms with Crippen LogP contribution in [0.4, 0.5) is 0 Å². The highest BCUT2D eigenvalue weighted by Crippen LogP contribution is 2.17. The van der Waals surface area contributed by atoms with Gasteiger partial charge in [0.05, 0.1) is 0 Å². The summed E-state index contributed by atoms with van der Waals surface area (Å²) in [6, 6.07) is 20.9. The number of hydrogen-bond acceptors (Lipinski definition) is 2. The maximum atomic E-state index is 6.28. The van der Waals surface area contributed by atoms with Crippen LogP contribution in [0.5, 0.6) is 5.75 Å². The van der Waals surface area contributed by atoms with E-state index in [0.717, 1.165) is 18.7 Å². The molecule has 1 unspecified atom stereocenters. The van der Waals surface area contributed by atoms with Crippen molar-refractivity contribution in [1.82, 2.24) is 4.90 Å². The molecule has 0 aromatic heterocycles. The minimum atomic E-state index is 0.211. The van der Waals surface area contributed by atoms with Crippen molar-refractivity contribution in [3.63, 3.8) is 0 Å². The lowest BCUT2D eigenvalue weighted by Gasteiger charge is -2.30. The van der Waals surface area contributed by atoms with Crippen molar-refractivity contribution in [2.75, 3.05) is 19.6 Å². The average Bonchev–Trinajstić information content (AvgIpc) is 2.57. The first-order valence-corrected chi connectivity index (χ1v) is 8.38. The Balaban J connectivity index is 1.66. The molecule has 1 atom stereocenters. The van der Waals surface area contributed by atoms with Crippen molar-refractivity contribution in [2.45, 2.75) is 31.8 Å². The van der Waals surface area contributed by atoms with Crippen molar-refractivity contribution < 1.29 is 4.74 Å². The van der Waals surface area contributed by atoms with Gasteiger partial charge in [0.2, 0.25) is 0 Å². The van der Waals surface area contributed by atoms with E-state index >= 15 is 0 Å². The van der Waals surface area contributed by atoms with Gasteiger partial charge in [-0.15, -0.1) is 0 Å². The molecule has 2 aromatic carbocycles. The Hall–Kier alpha value is -1.80. The summed E-state index contributed by atoms with van der Waals surface area (Å²) in [5.41, 5.74) is 1.35. The molecule has 0 bridgehead atoms. The smallest absolute Gasteiger partial charge is 0.119 e. The summed E-state index contributed by atoms with van der Waals surface area (Å²) in [4.78, 5) is 2.56. The topological polar surface area (TPSA) is 12.5 Å². The summed E-state index contributed by atoms with van der Waals surface area (Å²) in [5, 5.41) is 0. The minimum Gasteiger partial charge on any atom is -0.489 e. The Labute approximate surface area is 133 Å². The standard InChI is InChI=1S/C20H25NO/c1-4-10-18(11-5-1)16-20(17-21-14-8-3-9-15-21)22-19-12-6-2-7-13-19/h1-2,4-7,10-13,20H,3,8-9,14-17H2. The molecule has 0 aliphatic carbocycles. The zero-order chi connectivity index (χ0) is 15.0. The fourth-order valence-corrected chi connectivity index (χ4v) is 3.14. The van der Waals surface area contributed by atoms with Crippen LogP contribution in [-0.4, -0.2) is 30.6 Å². The monoisotopic (exact) mass is 295 g/mol. The highest BCUT2D eigenvalue weighted by atomic mass is 16.5. The van der Waals surface area contributed by atoms with Gasteiger partial charge in [-0.3, -0.25) is 4.90 Å². The fraction of sp³-hybridized carbons (Fsp3) is 0.400. The third-order valence-corrected chi connectivity index (χ3v) is 4.26. The molecule has 0 spiro atoms. The van der Waals surface area contributed by atoms with Crippen LogP contribution in [0.1, 0.15) is 24.8 Å². The van der Waals surface area contributed by atoms with Gasteiger partial charge < -0.3 is 4.74 Å². The Morgan fingerprint density at radius 2 is 1.45 bits per heavy atom. The molecule has 1 fully saturated rings. The number of likely N-dealkylation sites (tertiary alicyclic amines) is 1. The van der Waals surface area contributed by atoms with Crippen LogP contribution in [-0.2, 0) is 6.42 Å². The highest BCUT2D eigenvalue weighted by molar-refractivity contribution is 5.22. The molecule has 2 heteroatoms. The minimum absolute atomic E-state index is 0.211. The second kappa shape index (κ2) is 8.00. The highest BCUT2D eigenvalue weighted by Gasteiger charge is 2.18. The quantitative estimate of drug-likeness (QED) is 0.793. The Bertz CT molecular complexity index is 493. The molecule has 2 aromatic rings. The van der Waals surface area contributed by atoms with Crippen molar-refractivity contribution >= 4 is 0 Å². The summed E-state index contributed by atoms with van der Waals surface area (Å²) >= 11 is 0. The second-order valence-electron chi connectivity index (χ2n) is 6.10. The number of benzene rings is 2. The Morgan fingerprint density at radius 3 is 2.14 bits per heavy atom. The first kappa shape index (κ1) is 15.1. The van der Waals surface area contributed by atoms with Gasteiger partial charge in [0.25, 0.3) is 0 Å². The molecule has 0 N–H and O–H groups in total. The molecular formula is C20H25NO. The van der Waals surface area contributed by atoms with Gasteiger partial charge in [-0.2, -0.15) is 0 Å². The molecule has 0 saturated carbocycles. The summed E-state index contributed by atoms with van der Waals surface area (Å²) in [5.74, 6) is 0.973. The first-order valence-electron chi connectivity index (χ1n) is 8.38. The van der Waals surface area contributed by atoms with E-state index < -0.39 is 0 Å². The molecule has 1 heterocycles. The van der Waals surface area contributed by atoms with Gasteiger partial charge in [0.15, 0.2) is 0 Å². The third kappa shape index (κ3) is 4.60. The molecule has 0 amide bonds. The van der Waals surface area contributed by atoms with E-state index in [-0.39, 0.29) is 6.10 Å². The normalized spacial score (nSPS) is 17.1. The molecule has 0 radical (unpaired) electrons. The molecule has 3 rings (SSSR count). The van der Waals surface area contributed by atoms with E-state index in [1.165, 1.54) is 37.9 Å². The Morgan fingerprint density at radius 1 is 0.818 bits per heavy atom. The SMILES string of the molecule is c1ccc(CC(CN2CCCCC2)Oc2ccccc2)cc1. The number of rotatable bonds is 6. The van der Waals surface area contributed by atoms with Crippen LogP contribution in [0.3, 0.4) is 0 Å². The van der Waals surface area contributed by atoms with E-state index in [9.17, 15) is 0 Å². The number of hydrogen-bond donors (Lipinski definition) is 0. The average molecular weight is 295 g/mol. The summed E-state index contributed by atoms with van der Waals surface area (Å²) in [7, 11) is 0. The largest absolute Gasteiger partial charge is 0.489 e. The van der Waals surface area contributed by atoms with Gasteiger partial charge in [0.1, 0.15) is 11.9 Å². The van der Waals surface area contributed by atoms with Gasteiger partial charge in [0, 0.05) is 13.0 Å². The maximum absolute atomic E-state index is 6.28. The van der Waals surface area contributed by atoms with Crippen LogP contribution in [0.25, 0.3) is 0 Å². The van der Waals surface area contributed by atoms with Crippen LogP contribution in [0.15, 0.2) is 60.7 Å². The van der Waals surface area contributed by atoms with Gasteiger partial charge >= 0.3 is 0 Å². The summed E-state index contributed by atoms with van der Waals surface area (Å²) in [6.07, 6.45) is 5.20. The predicted octanol–water partition coefficient (Wildman–Crippen LogP) is 4.16. The fourth-order valence-electron chi connectivity index (χ4n) is 3.14. The number of para-hydroxylation sites is 1. The zero-order valence-corrected chi connectivity index (χ0v) is 13.2. The first-order chi connectivity index (χ1) is 10.9. The van der Waals surface area contributed by atoms with E-state index in [1.807, 2.05) is 30.3 Å². The van der Waals surface area contributed by atoms with Gasteiger partial charge in [-0.1, -0.05) is 55.0 Å². The van der Waals surface area contributed by atoms with Crippen LogP contribution in [0, 0.1) is 0 Å². The van der Waals surface area contributed by atoms with E-state index in [1.54, 1.807) is 0 Å². The van der Waals surface area contributed by atoms with Crippen molar-refractivity contribution in [3.05, 3.63) is 66.2 Å². The summed E-state index contributed by atoms with van der Waals surface area (Å²) < 4.78 is 6.28. The van der Waals surface area contributed by atoms with Crippen molar-refractivity contribution in [1.29, 1.82) is 0 Å². The lowest BCUT2D eigenvalue weighted by molar-refractivity contribution is 0.119. The maximum Gasteiger partial charge on any atom is 0.119 e. The van der Waals surface area contributed by atoms with Gasteiger partial charge in [-0.25, -0.2) is 0 Å². The molecule has 2 nitrogen and oxygen atoms in total. The molecule has 116 valence electrons. The van der Waals surface area contributed by atoms with Crippen molar-refractivity contribution in [3.8, 4) is 5.75 Å². The predicted molar refractivity (Wildman–Crippen MR) is 91.3 cm³/mol.